The Morgan fingerprint density at radius 1 is 1.28 bits per heavy atom. The van der Waals surface area contributed by atoms with Crippen LogP contribution >= 0.6 is 0 Å². The van der Waals surface area contributed by atoms with Gasteiger partial charge in [-0.15, -0.1) is 0 Å². The number of hydrogen-bond acceptors (Lipinski definition) is 3. The molecule has 0 saturated carbocycles. The van der Waals surface area contributed by atoms with Gasteiger partial charge in [0.15, 0.2) is 5.78 Å². The second-order valence-corrected chi connectivity index (χ2v) is 3.95. The van der Waals surface area contributed by atoms with E-state index in [1.165, 1.54) is 6.92 Å². The van der Waals surface area contributed by atoms with Crippen LogP contribution in [0.4, 0.5) is 5.69 Å². The molecule has 1 aromatic carbocycles. The van der Waals surface area contributed by atoms with Crippen LogP contribution in [0.15, 0.2) is 24.3 Å². The van der Waals surface area contributed by atoms with Gasteiger partial charge in [0, 0.05) is 25.2 Å². The number of carbonyl (C=O) groups is 2. The summed E-state index contributed by atoms with van der Waals surface area (Å²) in [6, 6.07) is 7.01. The molecule has 0 spiro atoms. The van der Waals surface area contributed by atoms with Gasteiger partial charge in [-0.25, -0.2) is 0 Å². The van der Waals surface area contributed by atoms with Gasteiger partial charge in [-0.05, 0) is 32.4 Å². The molecule has 0 atom stereocenters. The molecule has 0 unspecified atom stereocenters. The van der Waals surface area contributed by atoms with Crippen molar-refractivity contribution in [3.05, 3.63) is 29.8 Å². The molecule has 0 aliphatic carbocycles. The molecule has 98 valence electrons. The lowest BCUT2D eigenvalue weighted by Crippen LogP contribution is -2.14. The van der Waals surface area contributed by atoms with Gasteiger partial charge in [0.05, 0.1) is 5.69 Å². The molecule has 0 heterocycles. The quantitative estimate of drug-likeness (QED) is 0.597. The van der Waals surface area contributed by atoms with Gasteiger partial charge in [-0.1, -0.05) is 12.1 Å². The van der Waals surface area contributed by atoms with Crippen molar-refractivity contribution < 1.29 is 14.3 Å². The number of ether oxygens (including phenoxy) is 1. The molecule has 1 rings (SSSR count). The minimum atomic E-state index is -0.0941. The van der Waals surface area contributed by atoms with Crippen molar-refractivity contribution in [2.75, 3.05) is 18.5 Å². The van der Waals surface area contributed by atoms with Gasteiger partial charge in [0.25, 0.3) is 0 Å². The molecular weight excluding hydrogens is 230 g/mol. The van der Waals surface area contributed by atoms with E-state index in [0.29, 0.717) is 37.3 Å². The van der Waals surface area contributed by atoms with Crippen molar-refractivity contribution in [3.8, 4) is 0 Å². The normalized spacial score (nSPS) is 10.1. The monoisotopic (exact) mass is 249 g/mol. The molecule has 0 aliphatic heterocycles. The predicted molar refractivity (Wildman–Crippen MR) is 70.8 cm³/mol. The first-order valence-corrected chi connectivity index (χ1v) is 6.12. The number of rotatable bonds is 7. The minimum absolute atomic E-state index is 0.0554. The van der Waals surface area contributed by atoms with Crippen LogP contribution in [0, 0.1) is 0 Å². The smallest absolute Gasteiger partial charge is 0.224 e. The second kappa shape index (κ2) is 7.61. The summed E-state index contributed by atoms with van der Waals surface area (Å²) in [4.78, 5) is 23.0. The largest absolute Gasteiger partial charge is 0.382 e. The number of carbonyl (C=O) groups excluding carboxylic acids is 2. The van der Waals surface area contributed by atoms with Crippen LogP contribution < -0.4 is 5.32 Å². The van der Waals surface area contributed by atoms with Gasteiger partial charge in [0.1, 0.15) is 0 Å². The van der Waals surface area contributed by atoms with Gasteiger partial charge < -0.3 is 10.1 Å². The van der Waals surface area contributed by atoms with E-state index >= 15 is 0 Å². The Labute approximate surface area is 107 Å². The van der Waals surface area contributed by atoms with Crippen LogP contribution in [-0.2, 0) is 9.53 Å². The zero-order valence-electron chi connectivity index (χ0n) is 10.9. The summed E-state index contributed by atoms with van der Waals surface area (Å²) in [6.07, 6.45) is 1.08. The number of para-hydroxylation sites is 1. The summed E-state index contributed by atoms with van der Waals surface area (Å²) in [7, 11) is 0. The second-order valence-electron chi connectivity index (χ2n) is 3.95. The number of ketones is 1. The summed E-state index contributed by atoms with van der Waals surface area (Å²) >= 11 is 0. The van der Waals surface area contributed by atoms with E-state index in [9.17, 15) is 9.59 Å². The summed E-state index contributed by atoms with van der Waals surface area (Å²) < 4.78 is 5.16. The molecule has 18 heavy (non-hydrogen) atoms. The molecule has 0 aromatic heterocycles. The van der Waals surface area contributed by atoms with Crippen LogP contribution in [0.3, 0.4) is 0 Å². The molecule has 0 aliphatic rings. The highest BCUT2D eigenvalue weighted by Gasteiger charge is 2.09. The molecule has 4 nitrogen and oxygen atoms in total. The molecule has 0 fully saturated rings. The van der Waals surface area contributed by atoms with E-state index < -0.39 is 0 Å². The lowest BCUT2D eigenvalue weighted by atomic mass is 10.1. The maximum atomic E-state index is 11.7. The van der Waals surface area contributed by atoms with E-state index in [1.807, 2.05) is 6.92 Å². The maximum Gasteiger partial charge on any atom is 0.224 e. The Kier molecular flexibility index (Phi) is 6.08. The van der Waals surface area contributed by atoms with E-state index in [2.05, 4.69) is 5.32 Å². The predicted octanol–water partition coefficient (Wildman–Crippen LogP) is 2.64. The Morgan fingerprint density at radius 3 is 2.67 bits per heavy atom. The SMILES string of the molecule is CCOCCCC(=O)Nc1ccccc1C(C)=O. The Hall–Kier alpha value is -1.68. The Balaban J connectivity index is 2.51. The number of benzene rings is 1. The minimum Gasteiger partial charge on any atom is -0.382 e. The average molecular weight is 249 g/mol. The summed E-state index contributed by atoms with van der Waals surface area (Å²) in [5.74, 6) is -0.149. The first-order chi connectivity index (χ1) is 8.65. The molecule has 4 heteroatoms. The third-order valence-corrected chi connectivity index (χ3v) is 2.48. The molecule has 1 N–H and O–H groups in total. The van der Waals surface area contributed by atoms with E-state index in [-0.39, 0.29) is 11.7 Å². The van der Waals surface area contributed by atoms with E-state index in [1.54, 1.807) is 24.3 Å². The third-order valence-electron chi connectivity index (χ3n) is 2.48. The number of Topliss-reactive ketones (excluding diaryl/α,β-unsaturated/α-hetero) is 1. The van der Waals surface area contributed by atoms with Gasteiger partial charge in [-0.3, -0.25) is 9.59 Å². The number of hydrogen-bond donors (Lipinski definition) is 1. The standard InChI is InChI=1S/C14H19NO3/c1-3-18-10-6-9-14(17)15-13-8-5-4-7-12(13)11(2)16/h4-5,7-8H,3,6,9-10H2,1-2H3,(H,15,17). The maximum absolute atomic E-state index is 11.7. The van der Waals surface area contributed by atoms with Crippen LogP contribution in [0.5, 0.6) is 0 Å². The van der Waals surface area contributed by atoms with Crippen LogP contribution in [0.25, 0.3) is 0 Å². The number of amides is 1. The first kappa shape index (κ1) is 14.4. The summed E-state index contributed by atoms with van der Waals surface area (Å²) in [5.41, 5.74) is 1.11. The lowest BCUT2D eigenvalue weighted by Gasteiger charge is -2.08. The van der Waals surface area contributed by atoms with Crippen molar-refractivity contribution in [1.29, 1.82) is 0 Å². The molecule has 0 bridgehead atoms. The zero-order chi connectivity index (χ0) is 13.4. The lowest BCUT2D eigenvalue weighted by molar-refractivity contribution is -0.116. The van der Waals surface area contributed by atoms with Crippen molar-refractivity contribution >= 4 is 17.4 Å². The van der Waals surface area contributed by atoms with E-state index in [0.717, 1.165) is 0 Å². The fraction of sp³-hybridized carbons (Fsp3) is 0.429. The highest BCUT2D eigenvalue weighted by atomic mass is 16.5. The van der Waals surface area contributed by atoms with Crippen molar-refractivity contribution in [2.45, 2.75) is 26.7 Å². The Bertz CT molecular complexity index is 415. The highest BCUT2D eigenvalue weighted by Crippen LogP contribution is 2.15. The molecular formula is C14H19NO3. The van der Waals surface area contributed by atoms with Crippen LogP contribution in [0.2, 0.25) is 0 Å². The number of nitrogens with one attached hydrogen (secondary N) is 1. The zero-order valence-corrected chi connectivity index (χ0v) is 10.9. The van der Waals surface area contributed by atoms with Crippen LogP contribution in [-0.4, -0.2) is 24.9 Å². The molecule has 0 radical (unpaired) electrons. The fourth-order valence-corrected chi connectivity index (χ4v) is 1.59. The highest BCUT2D eigenvalue weighted by molar-refractivity contribution is 6.03. The third kappa shape index (κ3) is 4.67. The summed E-state index contributed by atoms with van der Waals surface area (Å²) in [6.45, 7) is 4.65. The summed E-state index contributed by atoms with van der Waals surface area (Å²) in [5, 5.41) is 2.75. The molecule has 1 aromatic rings. The van der Waals surface area contributed by atoms with Crippen LogP contribution in [0.1, 0.15) is 37.0 Å². The number of anilines is 1. The first-order valence-electron chi connectivity index (χ1n) is 6.12. The average Bonchev–Trinajstić information content (AvgIpc) is 2.35. The Morgan fingerprint density at radius 2 is 2.00 bits per heavy atom. The fourth-order valence-electron chi connectivity index (χ4n) is 1.59. The topological polar surface area (TPSA) is 55.4 Å². The van der Waals surface area contributed by atoms with Crippen molar-refractivity contribution in [2.24, 2.45) is 0 Å². The molecule has 1 amide bonds. The molecule has 0 saturated heterocycles. The van der Waals surface area contributed by atoms with E-state index in [4.69, 9.17) is 4.74 Å². The van der Waals surface area contributed by atoms with Gasteiger partial charge >= 0.3 is 0 Å². The van der Waals surface area contributed by atoms with Crippen molar-refractivity contribution in [3.63, 3.8) is 0 Å². The van der Waals surface area contributed by atoms with Crippen molar-refractivity contribution in [1.82, 2.24) is 0 Å². The van der Waals surface area contributed by atoms with Gasteiger partial charge in [0.2, 0.25) is 5.91 Å². The van der Waals surface area contributed by atoms with Gasteiger partial charge in [-0.2, -0.15) is 0 Å².